The highest BCUT2D eigenvalue weighted by molar-refractivity contribution is 5.76. The molecule has 0 radical (unpaired) electrons. The Balaban J connectivity index is 1.84. The zero-order valence-electron chi connectivity index (χ0n) is 13.3. The number of ether oxygens (including phenoxy) is 1. The molecular formula is C16H19N5O3. The summed E-state index contributed by atoms with van der Waals surface area (Å²) in [7, 11) is 1.54. The Kier molecular flexibility index (Phi) is 4.88. The monoisotopic (exact) mass is 329 g/mol. The van der Waals surface area contributed by atoms with Crippen molar-refractivity contribution in [2.75, 3.05) is 25.6 Å². The maximum atomic E-state index is 12.2. The van der Waals surface area contributed by atoms with Crippen LogP contribution in [0, 0.1) is 0 Å². The van der Waals surface area contributed by atoms with Crippen molar-refractivity contribution in [2.45, 2.75) is 12.5 Å². The van der Waals surface area contributed by atoms with Crippen LogP contribution in [-0.4, -0.2) is 51.2 Å². The second-order valence-corrected chi connectivity index (χ2v) is 5.37. The summed E-state index contributed by atoms with van der Waals surface area (Å²) >= 11 is 0. The van der Waals surface area contributed by atoms with Gasteiger partial charge in [0, 0.05) is 13.7 Å². The number of benzene rings is 1. The lowest BCUT2D eigenvalue weighted by Crippen LogP contribution is -2.20. The van der Waals surface area contributed by atoms with Gasteiger partial charge < -0.3 is 15.2 Å². The molecule has 0 spiro atoms. The fourth-order valence-corrected chi connectivity index (χ4v) is 2.39. The van der Waals surface area contributed by atoms with Crippen molar-refractivity contribution in [2.24, 2.45) is 0 Å². The van der Waals surface area contributed by atoms with E-state index in [9.17, 15) is 9.90 Å². The van der Waals surface area contributed by atoms with E-state index in [1.165, 1.54) is 13.3 Å². The summed E-state index contributed by atoms with van der Waals surface area (Å²) in [6.45, 7) is 0.726. The first-order valence-corrected chi connectivity index (χ1v) is 7.63. The van der Waals surface area contributed by atoms with E-state index in [0.29, 0.717) is 29.9 Å². The zero-order chi connectivity index (χ0) is 16.9. The molecule has 0 fully saturated rings. The number of aromatic amines is 1. The fourth-order valence-electron chi connectivity index (χ4n) is 2.39. The lowest BCUT2D eigenvalue weighted by Gasteiger charge is -2.10. The first kappa shape index (κ1) is 16.2. The summed E-state index contributed by atoms with van der Waals surface area (Å²) in [4.78, 5) is 19.3. The number of fused-ring (bicyclic) bond motifs is 1. The average molecular weight is 329 g/mol. The van der Waals surface area contributed by atoms with Crippen molar-refractivity contribution in [3.05, 3.63) is 46.9 Å². The van der Waals surface area contributed by atoms with Gasteiger partial charge >= 0.3 is 0 Å². The number of nitrogens with one attached hydrogen (secondary N) is 2. The number of para-hydroxylation sites is 1. The molecule has 1 unspecified atom stereocenters. The van der Waals surface area contributed by atoms with Crippen molar-refractivity contribution in [3.63, 3.8) is 0 Å². The Hall–Kier alpha value is -2.71. The summed E-state index contributed by atoms with van der Waals surface area (Å²) in [6, 6.07) is 9.49. The normalized spacial score (nSPS) is 12.4. The van der Waals surface area contributed by atoms with Crippen molar-refractivity contribution >= 4 is 17.0 Å². The molecule has 8 nitrogen and oxygen atoms in total. The smallest absolute Gasteiger partial charge is 0.263 e. The minimum atomic E-state index is -0.562. The average Bonchev–Trinajstić information content (AvgIpc) is 3.00. The van der Waals surface area contributed by atoms with E-state index in [1.54, 1.807) is 4.68 Å². The number of H-pyrrole nitrogens is 1. The third-order valence-electron chi connectivity index (χ3n) is 3.57. The highest BCUT2D eigenvalue weighted by Crippen LogP contribution is 2.14. The number of aromatic nitrogens is 4. The zero-order valence-corrected chi connectivity index (χ0v) is 13.3. The van der Waals surface area contributed by atoms with Gasteiger partial charge in [0.05, 0.1) is 24.6 Å². The van der Waals surface area contributed by atoms with Crippen LogP contribution in [0.1, 0.15) is 6.42 Å². The number of nitrogens with zero attached hydrogens (tertiary/aromatic N) is 3. The Labute approximate surface area is 138 Å². The molecule has 3 aromatic rings. The summed E-state index contributed by atoms with van der Waals surface area (Å²) in [5.74, 6) is 0.342. The van der Waals surface area contributed by atoms with Gasteiger partial charge in [-0.2, -0.15) is 10.1 Å². The van der Waals surface area contributed by atoms with Gasteiger partial charge in [-0.05, 0) is 18.6 Å². The van der Waals surface area contributed by atoms with Crippen LogP contribution >= 0.6 is 0 Å². The fraction of sp³-hybridized carbons (Fsp3) is 0.312. The number of rotatable bonds is 7. The molecule has 0 aliphatic rings. The van der Waals surface area contributed by atoms with E-state index in [0.717, 1.165) is 5.69 Å². The van der Waals surface area contributed by atoms with Crippen LogP contribution in [0.4, 0.5) is 5.95 Å². The van der Waals surface area contributed by atoms with Crippen molar-refractivity contribution < 1.29 is 9.84 Å². The SMILES string of the molecule is COCC(O)CCNc1nc2c(cnn2-c2ccccc2)c(=O)[nH]1. The molecule has 3 N–H and O–H groups in total. The third-order valence-corrected chi connectivity index (χ3v) is 3.57. The quantitative estimate of drug-likeness (QED) is 0.595. The van der Waals surface area contributed by atoms with E-state index in [1.807, 2.05) is 30.3 Å². The molecule has 126 valence electrons. The highest BCUT2D eigenvalue weighted by atomic mass is 16.5. The first-order chi connectivity index (χ1) is 11.7. The number of aliphatic hydroxyl groups is 1. The minimum Gasteiger partial charge on any atom is -0.391 e. The summed E-state index contributed by atoms with van der Waals surface area (Å²) in [5.41, 5.74) is 1.04. The van der Waals surface area contributed by atoms with Gasteiger partial charge in [0.1, 0.15) is 5.39 Å². The lowest BCUT2D eigenvalue weighted by molar-refractivity contribution is 0.0615. The van der Waals surface area contributed by atoms with E-state index >= 15 is 0 Å². The van der Waals surface area contributed by atoms with Crippen LogP contribution < -0.4 is 10.9 Å². The Bertz CT molecular complexity index is 859. The van der Waals surface area contributed by atoms with Gasteiger partial charge in [0.2, 0.25) is 5.95 Å². The van der Waals surface area contributed by atoms with Gasteiger partial charge in [-0.25, -0.2) is 4.68 Å². The predicted molar refractivity (Wildman–Crippen MR) is 90.5 cm³/mol. The molecule has 1 atom stereocenters. The van der Waals surface area contributed by atoms with Crippen LogP contribution in [0.25, 0.3) is 16.7 Å². The maximum Gasteiger partial charge on any atom is 0.263 e. The van der Waals surface area contributed by atoms with Crippen LogP contribution in [0.3, 0.4) is 0 Å². The van der Waals surface area contributed by atoms with E-state index in [4.69, 9.17) is 4.74 Å². The van der Waals surface area contributed by atoms with Crippen LogP contribution in [0.15, 0.2) is 41.3 Å². The van der Waals surface area contributed by atoms with Gasteiger partial charge in [0.25, 0.3) is 5.56 Å². The molecule has 8 heteroatoms. The number of anilines is 1. The molecule has 1 aromatic carbocycles. The standard InChI is InChI=1S/C16H19N5O3/c1-24-10-12(22)7-8-17-16-19-14-13(15(23)20-16)9-18-21(14)11-5-3-2-4-6-11/h2-6,9,12,22H,7-8,10H2,1H3,(H2,17,19,20,23). The second kappa shape index (κ2) is 7.24. The number of hydrogen-bond acceptors (Lipinski definition) is 6. The van der Waals surface area contributed by atoms with E-state index in [-0.39, 0.29) is 12.2 Å². The number of aliphatic hydroxyl groups excluding tert-OH is 1. The topological polar surface area (TPSA) is 105 Å². The predicted octanol–water partition coefficient (Wildman–Crippen LogP) is 0.918. The molecule has 0 bridgehead atoms. The highest BCUT2D eigenvalue weighted by Gasteiger charge is 2.11. The molecule has 0 amide bonds. The largest absolute Gasteiger partial charge is 0.391 e. The van der Waals surface area contributed by atoms with Crippen LogP contribution in [-0.2, 0) is 4.74 Å². The third kappa shape index (κ3) is 3.44. The molecule has 24 heavy (non-hydrogen) atoms. The molecule has 2 heterocycles. The number of hydrogen-bond donors (Lipinski definition) is 3. The Morgan fingerprint density at radius 3 is 2.92 bits per heavy atom. The second-order valence-electron chi connectivity index (χ2n) is 5.37. The molecule has 0 saturated carbocycles. The van der Waals surface area contributed by atoms with Gasteiger partial charge in [-0.15, -0.1) is 0 Å². The summed E-state index contributed by atoms with van der Waals surface area (Å²) in [5, 5.41) is 17.3. The maximum absolute atomic E-state index is 12.2. The minimum absolute atomic E-state index is 0.262. The molecule has 2 aromatic heterocycles. The van der Waals surface area contributed by atoms with Gasteiger partial charge in [-0.3, -0.25) is 9.78 Å². The molecular weight excluding hydrogens is 310 g/mol. The summed E-state index contributed by atoms with van der Waals surface area (Å²) in [6.07, 6.45) is 1.42. The van der Waals surface area contributed by atoms with Crippen LogP contribution in [0.2, 0.25) is 0 Å². The lowest BCUT2D eigenvalue weighted by atomic mass is 10.3. The van der Waals surface area contributed by atoms with E-state index in [2.05, 4.69) is 20.4 Å². The van der Waals surface area contributed by atoms with Crippen LogP contribution in [0.5, 0.6) is 0 Å². The van der Waals surface area contributed by atoms with Gasteiger partial charge in [-0.1, -0.05) is 18.2 Å². The Morgan fingerprint density at radius 2 is 2.17 bits per heavy atom. The molecule has 3 rings (SSSR count). The van der Waals surface area contributed by atoms with Crippen molar-refractivity contribution in [1.82, 2.24) is 19.7 Å². The first-order valence-electron chi connectivity index (χ1n) is 7.63. The molecule has 0 aliphatic carbocycles. The molecule has 0 aliphatic heterocycles. The Morgan fingerprint density at radius 1 is 1.38 bits per heavy atom. The van der Waals surface area contributed by atoms with Gasteiger partial charge in [0.15, 0.2) is 5.65 Å². The van der Waals surface area contributed by atoms with Crippen molar-refractivity contribution in [1.29, 1.82) is 0 Å². The number of methoxy groups -OCH3 is 1. The summed E-state index contributed by atoms with van der Waals surface area (Å²) < 4.78 is 6.50. The van der Waals surface area contributed by atoms with Crippen molar-refractivity contribution in [3.8, 4) is 5.69 Å². The molecule has 0 saturated heterocycles. The van der Waals surface area contributed by atoms with E-state index < -0.39 is 6.10 Å².